The summed E-state index contributed by atoms with van der Waals surface area (Å²) in [5.74, 6) is -0.303. The summed E-state index contributed by atoms with van der Waals surface area (Å²) in [7, 11) is -3.82. The van der Waals surface area contributed by atoms with Gasteiger partial charge in [-0.3, -0.25) is 9.69 Å². The number of carbonyl (C=O) groups is 1. The molecule has 0 unspecified atom stereocenters. The maximum atomic E-state index is 13.2. The van der Waals surface area contributed by atoms with Crippen LogP contribution in [0.15, 0.2) is 59.5 Å². The number of nitrogens with zero attached hydrogens (tertiary/aromatic N) is 3. The number of halogens is 2. The zero-order valence-electron chi connectivity index (χ0n) is 18.9. The third kappa shape index (κ3) is 6.01. The van der Waals surface area contributed by atoms with Crippen LogP contribution in [0, 0.1) is 5.92 Å². The molecule has 1 amide bonds. The molecule has 0 aromatic heterocycles. The van der Waals surface area contributed by atoms with Gasteiger partial charge in [-0.2, -0.15) is 4.31 Å². The summed E-state index contributed by atoms with van der Waals surface area (Å²) in [6, 6.07) is 14.6. The molecule has 2 aliphatic heterocycles. The average Bonchev–Trinajstić information content (AvgIpc) is 2.86. The Morgan fingerprint density at radius 1 is 1.00 bits per heavy atom. The minimum atomic E-state index is -3.82. The van der Waals surface area contributed by atoms with Gasteiger partial charge in [-0.15, -0.1) is 0 Å². The van der Waals surface area contributed by atoms with Crippen LogP contribution in [0.25, 0.3) is 6.08 Å². The van der Waals surface area contributed by atoms with Gasteiger partial charge in [0.1, 0.15) is 4.90 Å². The van der Waals surface area contributed by atoms with Crippen molar-refractivity contribution in [2.24, 2.45) is 5.92 Å². The number of rotatable bonds is 6. The lowest BCUT2D eigenvalue weighted by atomic mass is 9.98. The molecule has 2 aromatic carbocycles. The first-order valence-electron chi connectivity index (χ1n) is 11.5. The van der Waals surface area contributed by atoms with Crippen molar-refractivity contribution in [3.8, 4) is 0 Å². The molecular weight excluding hydrogens is 493 g/mol. The van der Waals surface area contributed by atoms with E-state index >= 15 is 0 Å². The SMILES string of the molecule is O=C([C@H]1CCCN(S(=O)(=O)c2cc(Cl)ccc2Cl)C1)N1CCN(C/C=C/c2ccccc2)CC1. The van der Waals surface area contributed by atoms with Crippen LogP contribution in [-0.4, -0.2) is 74.2 Å². The van der Waals surface area contributed by atoms with Crippen LogP contribution >= 0.6 is 23.2 Å². The highest BCUT2D eigenvalue weighted by Gasteiger charge is 2.36. The predicted octanol–water partition coefficient (Wildman–Crippen LogP) is 4.25. The Kier molecular flexibility index (Phi) is 8.32. The Hall–Kier alpha value is -1.90. The molecule has 0 spiro atoms. The van der Waals surface area contributed by atoms with Crippen molar-refractivity contribution < 1.29 is 13.2 Å². The Bertz CT molecular complexity index is 1130. The highest BCUT2D eigenvalue weighted by atomic mass is 35.5. The van der Waals surface area contributed by atoms with Crippen LogP contribution in [0.5, 0.6) is 0 Å². The monoisotopic (exact) mass is 521 g/mol. The van der Waals surface area contributed by atoms with Gasteiger partial charge >= 0.3 is 0 Å². The van der Waals surface area contributed by atoms with Gasteiger partial charge in [-0.05, 0) is 36.6 Å². The van der Waals surface area contributed by atoms with Crippen LogP contribution in [0.4, 0.5) is 0 Å². The van der Waals surface area contributed by atoms with E-state index in [1.165, 1.54) is 22.0 Å². The molecule has 0 saturated carbocycles. The van der Waals surface area contributed by atoms with E-state index < -0.39 is 10.0 Å². The van der Waals surface area contributed by atoms with Crippen LogP contribution < -0.4 is 0 Å². The molecule has 182 valence electrons. The first-order chi connectivity index (χ1) is 16.3. The molecule has 0 radical (unpaired) electrons. The number of carbonyl (C=O) groups excluding carboxylic acids is 1. The molecular formula is C25H29Cl2N3O3S. The van der Waals surface area contributed by atoms with Crippen molar-refractivity contribution in [1.29, 1.82) is 0 Å². The third-order valence-corrected chi connectivity index (χ3v) is 8.98. The van der Waals surface area contributed by atoms with Crippen molar-refractivity contribution >= 4 is 45.2 Å². The molecule has 4 rings (SSSR count). The maximum Gasteiger partial charge on any atom is 0.244 e. The van der Waals surface area contributed by atoms with Crippen molar-refractivity contribution in [3.05, 3.63) is 70.2 Å². The minimum Gasteiger partial charge on any atom is -0.340 e. The van der Waals surface area contributed by atoms with E-state index in [0.717, 1.165) is 19.6 Å². The van der Waals surface area contributed by atoms with Crippen LogP contribution in [0.2, 0.25) is 10.0 Å². The number of piperidine rings is 1. The summed E-state index contributed by atoms with van der Waals surface area (Å²) in [6.45, 7) is 4.30. The van der Waals surface area contributed by atoms with Gasteiger partial charge in [0.15, 0.2) is 0 Å². The van der Waals surface area contributed by atoms with Crippen molar-refractivity contribution in [1.82, 2.24) is 14.1 Å². The van der Waals surface area contributed by atoms with E-state index in [1.54, 1.807) is 6.07 Å². The summed E-state index contributed by atoms with van der Waals surface area (Å²) >= 11 is 12.2. The molecule has 0 bridgehead atoms. The Morgan fingerprint density at radius 3 is 2.47 bits per heavy atom. The second-order valence-electron chi connectivity index (χ2n) is 8.72. The summed E-state index contributed by atoms with van der Waals surface area (Å²) < 4.78 is 27.8. The van der Waals surface area contributed by atoms with Gasteiger partial charge in [0.05, 0.1) is 10.9 Å². The molecule has 1 atom stereocenters. The number of hydrogen-bond acceptors (Lipinski definition) is 4. The van der Waals surface area contributed by atoms with E-state index in [4.69, 9.17) is 23.2 Å². The Balaban J connectivity index is 1.32. The first kappa shape index (κ1) is 25.2. The van der Waals surface area contributed by atoms with Gasteiger partial charge in [0, 0.05) is 50.8 Å². The fourth-order valence-electron chi connectivity index (χ4n) is 4.49. The lowest BCUT2D eigenvalue weighted by Crippen LogP contribution is -2.53. The molecule has 34 heavy (non-hydrogen) atoms. The third-order valence-electron chi connectivity index (χ3n) is 6.40. The fraction of sp³-hybridized carbons (Fsp3) is 0.400. The molecule has 6 nitrogen and oxygen atoms in total. The molecule has 2 aliphatic rings. The maximum absolute atomic E-state index is 13.2. The normalized spacial score (nSPS) is 20.6. The largest absolute Gasteiger partial charge is 0.340 e. The van der Waals surface area contributed by atoms with Crippen molar-refractivity contribution in [3.63, 3.8) is 0 Å². The topological polar surface area (TPSA) is 60.9 Å². The number of sulfonamides is 1. The fourth-order valence-corrected chi connectivity index (χ4v) is 6.75. The predicted molar refractivity (Wildman–Crippen MR) is 136 cm³/mol. The Labute approximate surface area is 211 Å². The summed E-state index contributed by atoms with van der Waals surface area (Å²) in [4.78, 5) is 17.4. The molecule has 2 saturated heterocycles. The minimum absolute atomic E-state index is 0.00747. The standard InChI is InChI=1S/C25H29Cl2N3O3S/c26-22-10-11-23(27)24(18-22)34(32,33)30-13-5-9-21(19-30)25(31)29-16-14-28(15-17-29)12-4-8-20-6-2-1-3-7-20/h1-4,6-8,10-11,18,21H,5,9,12-17,19H2/b8-4+/t21-/m0/s1. The van der Waals surface area contributed by atoms with E-state index in [-0.39, 0.29) is 28.3 Å². The molecule has 2 aromatic rings. The van der Waals surface area contributed by atoms with Gasteiger partial charge in [0.2, 0.25) is 15.9 Å². The van der Waals surface area contributed by atoms with E-state index in [9.17, 15) is 13.2 Å². The van der Waals surface area contributed by atoms with Crippen molar-refractivity contribution in [2.75, 3.05) is 45.8 Å². The van der Waals surface area contributed by atoms with Crippen molar-refractivity contribution in [2.45, 2.75) is 17.7 Å². The number of amides is 1. The van der Waals surface area contributed by atoms with Gasteiger partial charge in [0.25, 0.3) is 0 Å². The highest BCUT2D eigenvalue weighted by molar-refractivity contribution is 7.89. The summed E-state index contributed by atoms with van der Waals surface area (Å²) in [5, 5.41) is 0.444. The highest BCUT2D eigenvalue weighted by Crippen LogP contribution is 2.31. The Morgan fingerprint density at radius 2 is 1.74 bits per heavy atom. The van der Waals surface area contributed by atoms with Gasteiger partial charge < -0.3 is 4.90 Å². The molecule has 9 heteroatoms. The smallest absolute Gasteiger partial charge is 0.244 e. The number of piperazine rings is 1. The summed E-state index contributed by atoms with van der Waals surface area (Å²) in [6.07, 6.45) is 5.59. The van der Waals surface area contributed by atoms with Crippen LogP contribution in [0.3, 0.4) is 0 Å². The molecule has 0 N–H and O–H groups in total. The zero-order valence-corrected chi connectivity index (χ0v) is 21.3. The lowest BCUT2D eigenvalue weighted by Gasteiger charge is -2.38. The molecule has 2 heterocycles. The van der Waals surface area contributed by atoms with E-state index in [1.807, 2.05) is 23.1 Å². The second kappa shape index (κ2) is 11.2. The lowest BCUT2D eigenvalue weighted by molar-refractivity contribution is -0.138. The second-order valence-corrected chi connectivity index (χ2v) is 11.5. The quantitative estimate of drug-likeness (QED) is 0.569. The van der Waals surface area contributed by atoms with Gasteiger partial charge in [-0.25, -0.2) is 8.42 Å². The number of benzene rings is 2. The first-order valence-corrected chi connectivity index (χ1v) is 13.7. The number of hydrogen-bond donors (Lipinski definition) is 0. The average molecular weight is 522 g/mol. The van der Waals surface area contributed by atoms with Crippen LogP contribution in [0.1, 0.15) is 18.4 Å². The van der Waals surface area contributed by atoms with Crippen LogP contribution in [-0.2, 0) is 14.8 Å². The molecule has 2 fully saturated rings. The van der Waals surface area contributed by atoms with E-state index in [2.05, 4.69) is 29.2 Å². The molecule has 0 aliphatic carbocycles. The zero-order chi connectivity index (χ0) is 24.1. The summed E-state index contributed by atoms with van der Waals surface area (Å²) in [5.41, 5.74) is 1.17. The van der Waals surface area contributed by atoms with Gasteiger partial charge in [-0.1, -0.05) is 65.7 Å². The van der Waals surface area contributed by atoms with E-state index in [0.29, 0.717) is 37.5 Å².